The van der Waals surface area contributed by atoms with Crippen LogP contribution in [0.25, 0.3) is 0 Å². The summed E-state index contributed by atoms with van der Waals surface area (Å²) in [6.45, 7) is 3.87. The summed E-state index contributed by atoms with van der Waals surface area (Å²) in [4.78, 5) is 24.3. The summed E-state index contributed by atoms with van der Waals surface area (Å²) >= 11 is 1.40. The van der Waals surface area contributed by atoms with Gasteiger partial charge in [-0.05, 0) is 42.1 Å². The molecule has 0 aliphatic heterocycles. The maximum Gasteiger partial charge on any atom is 0.265 e. The van der Waals surface area contributed by atoms with Crippen LogP contribution in [0.15, 0.2) is 41.8 Å². The number of amides is 2. The first kappa shape index (κ1) is 15.3. The molecular formula is C16H18N2O2S. The van der Waals surface area contributed by atoms with Crippen LogP contribution in [0.2, 0.25) is 0 Å². The van der Waals surface area contributed by atoms with Crippen molar-refractivity contribution in [2.45, 2.75) is 20.3 Å². The van der Waals surface area contributed by atoms with Crippen molar-refractivity contribution in [3.05, 3.63) is 46.7 Å². The van der Waals surface area contributed by atoms with Crippen LogP contribution >= 0.6 is 11.3 Å². The van der Waals surface area contributed by atoms with E-state index in [4.69, 9.17) is 0 Å². The molecule has 0 aliphatic rings. The van der Waals surface area contributed by atoms with Gasteiger partial charge in [-0.1, -0.05) is 19.9 Å². The van der Waals surface area contributed by atoms with Crippen molar-refractivity contribution in [3.8, 4) is 0 Å². The Morgan fingerprint density at radius 2 is 1.71 bits per heavy atom. The van der Waals surface area contributed by atoms with Crippen LogP contribution in [0.5, 0.6) is 0 Å². The van der Waals surface area contributed by atoms with E-state index in [-0.39, 0.29) is 17.7 Å². The number of hydrogen-bond acceptors (Lipinski definition) is 3. The van der Waals surface area contributed by atoms with E-state index in [2.05, 4.69) is 10.6 Å². The molecule has 0 fully saturated rings. The Morgan fingerprint density at radius 1 is 1.10 bits per heavy atom. The van der Waals surface area contributed by atoms with Crippen LogP contribution in [-0.4, -0.2) is 11.8 Å². The molecule has 4 nitrogen and oxygen atoms in total. The molecule has 110 valence electrons. The summed E-state index contributed by atoms with van der Waals surface area (Å²) in [5, 5.41) is 7.53. The second kappa shape index (κ2) is 7.04. The summed E-state index contributed by atoms with van der Waals surface area (Å²) in [6.07, 6.45) is 0.806. The molecule has 1 aromatic heterocycles. The van der Waals surface area contributed by atoms with Gasteiger partial charge in [0.2, 0.25) is 5.91 Å². The molecule has 0 bridgehead atoms. The van der Waals surface area contributed by atoms with E-state index in [0.29, 0.717) is 10.6 Å². The number of carbonyl (C=O) groups is 2. The molecule has 2 rings (SSSR count). The Bertz CT molecular complexity index is 606. The van der Waals surface area contributed by atoms with Crippen molar-refractivity contribution in [1.29, 1.82) is 0 Å². The lowest BCUT2D eigenvalue weighted by atomic mass is 10.1. The molecule has 0 unspecified atom stereocenters. The number of anilines is 2. The SMILES string of the molecule is CC[C@@H](C)C(=O)Nc1ccc(NC(=O)c2cccs2)cc1. The number of carbonyl (C=O) groups excluding carboxylic acids is 2. The van der Waals surface area contributed by atoms with Crippen LogP contribution in [-0.2, 0) is 4.79 Å². The first-order chi connectivity index (χ1) is 10.1. The molecule has 0 saturated carbocycles. The minimum absolute atomic E-state index is 0.00729. The van der Waals surface area contributed by atoms with Gasteiger partial charge in [0.1, 0.15) is 0 Å². The van der Waals surface area contributed by atoms with Gasteiger partial charge in [0.05, 0.1) is 4.88 Å². The number of nitrogens with one attached hydrogen (secondary N) is 2. The summed E-state index contributed by atoms with van der Waals surface area (Å²) in [5.41, 5.74) is 1.43. The summed E-state index contributed by atoms with van der Waals surface area (Å²) in [6, 6.07) is 10.7. The van der Waals surface area contributed by atoms with Crippen LogP contribution in [0.4, 0.5) is 11.4 Å². The lowest BCUT2D eigenvalue weighted by molar-refractivity contribution is -0.119. The maximum absolute atomic E-state index is 11.9. The largest absolute Gasteiger partial charge is 0.326 e. The van der Waals surface area contributed by atoms with E-state index < -0.39 is 0 Å². The Hall–Kier alpha value is -2.14. The molecule has 1 atom stereocenters. The minimum Gasteiger partial charge on any atom is -0.326 e. The molecule has 0 radical (unpaired) electrons. The fourth-order valence-corrected chi connectivity index (χ4v) is 2.31. The highest BCUT2D eigenvalue weighted by molar-refractivity contribution is 7.12. The highest BCUT2D eigenvalue weighted by atomic mass is 32.1. The Labute approximate surface area is 128 Å². The fourth-order valence-electron chi connectivity index (χ4n) is 1.69. The average molecular weight is 302 g/mol. The van der Waals surface area contributed by atoms with E-state index in [1.807, 2.05) is 25.3 Å². The third-order valence-corrected chi connectivity index (χ3v) is 4.08. The number of benzene rings is 1. The first-order valence-electron chi connectivity index (χ1n) is 6.86. The van der Waals surface area contributed by atoms with Gasteiger partial charge in [0, 0.05) is 17.3 Å². The van der Waals surface area contributed by atoms with Crippen molar-refractivity contribution in [3.63, 3.8) is 0 Å². The molecule has 0 saturated heterocycles. The minimum atomic E-state index is -0.124. The highest BCUT2D eigenvalue weighted by Gasteiger charge is 2.11. The normalized spacial score (nSPS) is 11.7. The number of hydrogen-bond donors (Lipinski definition) is 2. The van der Waals surface area contributed by atoms with E-state index in [9.17, 15) is 9.59 Å². The van der Waals surface area contributed by atoms with Crippen molar-refractivity contribution in [1.82, 2.24) is 0 Å². The highest BCUT2D eigenvalue weighted by Crippen LogP contribution is 2.17. The van der Waals surface area contributed by atoms with Crippen LogP contribution in [0, 0.1) is 5.92 Å². The van der Waals surface area contributed by atoms with Gasteiger partial charge in [-0.15, -0.1) is 11.3 Å². The van der Waals surface area contributed by atoms with Gasteiger partial charge in [0.25, 0.3) is 5.91 Å². The molecule has 2 N–H and O–H groups in total. The molecule has 2 aromatic rings. The maximum atomic E-state index is 11.9. The quantitative estimate of drug-likeness (QED) is 0.877. The number of thiophene rings is 1. The van der Waals surface area contributed by atoms with Crippen LogP contribution in [0.3, 0.4) is 0 Å². The zero-order chi connectivity index (χ0) is 15.2. The molecule has 0 spiro atoms. The first-order valence-corrected chi connectivity index (χ1v) is 7.74. The van der Waals surface area contributed by atoms with Crippen molar-refractivity contribution in [2.75, 3.05) is 10.6 Å². The standard InChI is InChI=1S/C16H18N2O2S/c1-3-11(2)15(19)17-12-6-8-13(9-7-12)18-16(20)14-5-4-10-21-14/h4-11H,3H2,1-2H3,(H,17,19)(H,18,20)/t11-/m1/s1. The van der Waals surface area contributed by atoms with Gasteiger partial charge in [0.15, 0.2) is 0 Å². The van der Waals surface area contributed by atoms with E-state index in [1.54, 1.807) is 30.3 Å². The Balaban J connectivity index is 1.96. The zero-order valence-corrected chi connectivity index (χ0v) is 12.9. The zero-order valence-electron chi connectivity index (χ0n) is 12.1. The predicted octanol–water partition coefficient (Wildman–Crippen LogP) is 3.99. The summed E-state index contributed by atoms with van der Waals surface area (Å²) in [7, 11) is 0. The van der Waals surface area contributed by atoms with Crippen LogP contribution in [0.1, 0.15) is 29.9 Å². The van der Waals surface area contributed by atoms with Gasteiger partial charge < -0.3 is 10.6 Å². The Kier molecular flexibility index (Phi) is 5.11. The van der Waals surface area contributed by atoms with Gasteiger partial charge >= 0.3 is 0 Å². The van der Waals surface area contributed by atoms with Gasteiger partial charge in [-0.25, -0.2) is 0 Å². The average Bonchev–Trinajstić information content (AvgIpc) is 3.02. The van der Waals surface area contributed by atoms with E-state index in [1.165, 1.54) is 11.3 Å². The number of rotatable bonds is 5. The third kappa shape index (κ3) is 4.16. The molecule has 1 heterocycles. The van der Waals surface area contributed by atoms with Gasteiger partial charge in [-0.3, -0.25) is 9.59 Å². The molecule has 0 aliphatic carbocycles. The van der Waals surface area contributed by atoms with E-state index in [0.717, 1.165) is 12.1 Å². The monoisotopic (exact) mass is 302 g/mol. The smallest absolute Gasteiger partial charge is 0.265 e. The molecule has 1 aromatic carbocycles. The molecular weight excluding hydrogens is 284 g/mol. The summed E-state index contributed by atoms with van der Waals surface area (Å²) in [5.74, 6) is -0.127. The van der Waals surface area contributed by atoms with Crippen molar-refractivity contribution in [2.24, 2.45) is 5.92 Å². The van der Waals surface area contributed by atoms with E-state index >= 15 is 0 Å². The van der Waals surface area contributed by atoms with Crippen molar-refractivity contribution >= 4 is 34.5 Å². The predicted molar refractivity (Wildman–Crippen MR) is 86.8 cm³/mol. The van der Waals surface area contributed by atoms with Crippen LogP contribution < -0.4 is 10.6 Å². The summed E-state index contributed by atoms with van der Waals surface area (Å²) < 4.78 is 0. The second-order valence-corrected chi connectivity index (χ2v) is 5.76. The topological polar surface area (TPSA) is 58.2 Å². The fraction of sp³-hybridized carbons (Fsp3) is 0.250. The van der Waals surface area contributed by atoms with Gasteiger partial charge in [-0.2, -0.15) is 0 Å². The molecule has 2 amide bonds. The second-order valence-electron chi connectivity index (χ2n) is 4.81. The molecule has 5 heteroatoms. The molecule has 21 heavy (non-hydrogen) atoms. The lowest BCUT2D eigenvalue weighted by Gasteiger charge is -2.10. The lowest BCUT2D eigenvalue weighted by Crippen LogP contribution is -2.19. The Morgan fingerprint density at radius 3 is 2.24 bits per heavy atom. The third-order valence-electron chi connectivity index (χ3n) is 3.22. The van der Waals surface area contributed by atoms with Crippen molar-refractivity contribution < 1.29 is 9.59 Å².